The molecule has 2 N–H and O–H groups in total. The Morgan fingerprint density at radius 3 is 2.72 bits per heavy atom. The summed E-state index contributed by atoms with van der Waals surface area (Å²) in [5.41, 5.74) is 0. The van der Waals surface area contributed by atoms with Crippen LogP contribution in [0.5, 0.6) is 0 Å². The van der Waals surface area contributed by atoms with Crippen molar-refractivity contribution >= 4 is 11.6 Å². The van der Waals surface area contributed by atoms with Crippen molar-refractivity contribution in [2.45, 2.75) is 27.2 Å². The quantitative estimate of drug-likeness (QED) is 0.773. The molecule has 102 valence electrons. The van der Waals surface area contributed by atoms with Crippen molar-refractivity contribution < 1.29 is 5.11 Å². The van der Waals surface area contributed by atoms with Gasteiger partial charge in [-0.05, 0) is 19.3 Å². The van der Waals surface area contributed by atoms with Gasteiger partial charge in [0.15, 0.2) is 0 Å². The SMILES string of the molecule is Cc1nc(NCC(C)C)cc(N(C)CCCO)n1. The predicted molar refractivity (Wildman–Crippen MR) is 75.1 cm³/mol. The maximum absolute atomic E-state index is 8.84. The molecule has 0 aromatic carbocycles. The maximum Gasteiger partial charge on any atom is 0.134 e. The molecule has 0 unspecified atom stereocenters. The average Bonchev–Trinajstić information content (AvgIpc) is 2.32. The van der Waals surface area contributed by atoms with Gasteiger partial charge in [-0.2, -0.15) is 0 Å². The summed E-state index contributed by atoms with van der Waals surface area (Å²) in [5, 5.41) is 12.2. The number of hydrogen-bond acceptors (Lipinski definition) is 5. The Morgan fingerprint density at radius 2 is 2.11 bits per heavy atom. The predicted octanol–water partition coefficient (Wildman–Crippen LogP) is 1.67. The molecule has 5 heteroatoms. The lowest BCUT2D eigenvalue weighted by Crippen LogP contribution is -2.21. The molecule has 1 rings (SSSR count). The summed E-state index contributed by atoms with van der Waals surface area (Å²) in [6.45, 7) is 8.11. The van der Waals surface area contributed by atoms with E-state index in [2.05, 4.69) is 29.1 Å². The molecule has 18 heavy (non-hydrogen) atoms. The van der Waals surface area contributed by atoms with E-state index in [1.54, 1.807) is 0 Å². The van der Waals surface area contributed by atoms with Gasteiger partial charge in [-0.25, -0.2) is 9.97 Å². The van der Waals surface area contributed by atoms with Gasteiger partial charge in [0.2, 0.25) is 0 Å². The Kier molecular flexibility index (Phi) is 5.85. The molecule has 1 heterocycles. The summed E-state index contributed by atoms with van der Waals surface area (Å²) in [4.78, 5) is 10.8. The van der Waals surface area contributed by atoms with Crippen molar-refractivity contribution in [3.8, 4) is 0 Å². The zero-order valence-corrected chi connectivity index (χ0v) is 11.8. The van der Waals surface area contributed by atoms with Gasteiger partial charge in [0.1, 0.15) is 17.5 Å². The first-order valence-corrected chi connectivity index (χ1v) is 6.44. The smallest absolute Gasteiger partial charge is 0.134 e. The summed E-state index contributed by atoms with van der Waals surface area (Å²) in [7, 11) is 1.98. The van der Waals surface area contributed by atoms with E-state index < -0.39 is 0 Å². The molecule has 0 aliphatic carbocycles. The standard InChI is InChI=1S/C13H24N4O/c1-10(2)9-14-12-8-13(16-11(3)15-12)17(4)6-5-7-18/h8,10,18H,5-7,9H2,1-4H3,(H,14,15,16). The van der Waals surface area contributed by atoms with Crippen molar-refractivity contribution in [3.63, 3.8) is 0 Å². The second-order valence-electron chi connectivity index (χ2n) is 4.93. The minimum absolute atomic E-state index is 0.201. The van der Waals surface area contributed by atoms with E-state index in [1.165, 1.54) is 0 Å². The van der Waals surface area contributed by atoms with Crippen molar-refractivity contribution in [2.24, 2.45) is 5.92 Å². The third-order valence-electron chi connectivity index (χ3n) is 2.56. The van der Waals surface area contributed by atoms with Crippen molar-refractivity contribution in [2.75, 3.05) is 37.0 Å². The fraction of sp³-hybridized carbons (Fsp3) is 0.692. The molecule has 0 atom stereocenters. The molecule has 0 saturated heterocycles. The van der Waals surface area contributed by atoms with Crippen LogP contribution in [0.1, 0.15) is 26.1 Å². The van der Waals surface area contributed by atoms with Gasteiger partial charge in [0, 0.05) is 32.8 Å². The first-order valence-electron chi connectivity index (χ1n) is 6.44. The number of aliphatic hydroxyl groups excluding tert-OH is 1. The van der Waals surface area contributed by atoms with Crippen LogP contribution >= 0.6 is 0 Å². The van der Waals surface area contributed by atoms with E-state index in [1.807, 2.05) is 24.9 Å². The zero-order valence-electron chi connectivity index (χ0n) is 11.8. The number of anilines is 2. The Bertz CT molecular complexity index is 368. The lowest BCUT2D eigenvalue weighted by molar-refractivity contribution is 0.290. The van der Waals surface area contributed by atoms with E-state index in [-0.39, 0.29) is 6.61 Å². The maximum atomic E-state index is 8.84. The van der Waals surface area contributed by atoms with Gasteiger partial charge in [-0.1, -0.05) is 13.8 Å². The van der Waals surface area contributed by atoms with Crippen LogP contribution in [0.3, 0.4) is 0 Å². The number of hydrogen-bond donors (Lipinski definition) is 2. The topological polar surface area (TPSA) is 61.3 Å². The summed E-state index contributed by atoms with van der Waals surface area (Å²) in [6.07, 6.45) is 0.744. The summed E-state index contributed by atoms with van der Waals surface area (Å²) >= 11 is 0. The van der Waals surface area contributed by atoms with Crippen LogP contribution in [0.2, 0.25) is 0 Å². The highest BCUT2D eigenvalue weighted by atomic mass is 16.3. The first-order chi connectivity index (χ1) is 8.52. The normalized spacial score (nSPS) is 10.8. The van der Waals surface area contributed by atoms with E-state index >= 15 is 0 Å². The van der Waals surface area contributed by atoms with E-state index in [4.69, 9.17) is 5.11 Å². The van der Waals surface area contributed by atoms with Crippen LogP contribution in [0, 0.1) is 12.8 Å². The van der Waals surface area contributed by atoms with Gasteiger partial charge in [0.25, 0.3) is 0 Å². The number of aromatic nitrogens is 2. The van der Waals surface area contributed by atoms with E-state index in [0.717, 1.165) is 37.0 Å². The minimum Gasteiger partial charge on any atom is -0.396 e. The van der Waals surface area contributed by atoms with Crippen molar-refractivity contribution in [1.29, 1.82) is 0 Å². The molecule has 0 aliphatic rings. The minimum atomic E-state index is 0.201. The highest BCUT2D eigenvalue weighted by Gasteiger charge is 2.06. The molecule has 1 aromatic heterocycles. The molecule has 0 fully saturated rings. The van der Waals surface area contributed by atoms with E-state index in [0.29, 0.717) is 5.92 Å². The zero-order chi connectivity index (χ0) is 13.5. The summed E-state index contributed by atoms with van der Waals surface area (Å²) in [5.74, 6) is 3.09. The monoisotopic (exact) mass is 252 g/mol. The second kappa shape index (κ2) is 7.16. The molecule has 0 amide bonds. The number of nitrogens with zero attached hydrogens (tertiary/aromatic N) is 3. The highest BCUT2D eigenvalue weighted by Crippen LogP contribution is 2.15. The lowest BCUT2D eigenvalue weighted by Gasteiger charge is -2.19. The van der Waals surface area contributed by atoms with Gasteiger partial charge < -0.3 is 15.3 Å². The first kappa shape index (κ1) is 14.7. The van der Waals surface area contributed by atoms with Crippen LogP contribution in [0.25, 0.3) is 0 Å². The third kappa shape index (κ3) is 4.87. The fourth-order valence-corrected chi connectivity index (χ4v) is 1.57. The lowest BCUT2D eigenvalue weighted by atomic mass is 10.2. The van der Waals surface area contributed by atoms with E-state index in [9.17, 15) is 0 Å². The molecule has 0 bridgehead atoms. The molecule has 0 aliphatic heterocycles. The number of nitrogens with one attached hydrogen (secondary N) is 1. The second-order valence-corrected chi connectivity index (χ2v) is 4.93. The molecule has 0 spiro atoms. The molecule has 0 saturated carbocycles. The van der Waals surface area contributed by atoms with Crippen LogP contribution < -0.4 is 10.2 Å². The Hall–Kier alpha value is -1.36. The van der Waals surface area contributed by atoms with Gasteiger partial charge in [-0.15, -0.1) is 0 Å². The highest BCUT2D eigenvalue weighted by molar-refractivity contribution is 5.48. The summed E-state index contributed by atoms with van der Waals surface area (Å²) < 4.78 is 0. The number of aryl methyl sites for hydroxylation is 1. The molecular formula is C13H24N4O. The van der Waals surface area contributed by atoms with Crippen LogP contribution in [-0.4, -0.2) is 41.8 Å². The average molecular weight is 252 g/mol. The fourth-order valence-electron chi connectivity index (χ4n) is 1.57. The summed E-state index contributed by atoms with van der Waals surface area (Å²) in [6, 6.07) is 1.95. The van der Waals surface area contributed by atoms with Gasteiger partial charge in [-0.3, -0.25) is 0 Å². The molecule has 5 nitrogen and oxygen atoms in total. The van der Waals surface area contributed by atoms with Crippen LogP contribution in [0.4, 0.5) is 11.6 Å². The molecule has 0 radical (unpaired) electrons. The van der Waals surface area contributed by atoms with Crippen LogP contribution in [-0.2, 0) is 0 Å². The number of aliphatic hydroxyl groups is 1. The molecule has 1 aromatic rings. The van der Waals surface area contributed by atoms with Crippen LogP contribution in [0.15, 0.2) is 6.07 Å². The Balaban J connectivity index is 2.73. The molecular weight excluding hydrogens is 228 g/mol. The number of rotatable bonds is 7. The van der Waals surface area contributed by atoms with Gasteiger partial charge in [0.05, 0.1) is 0 Å². The largest absolute Gasteiger partial charge is 0.396 e. The Morgan fingerprint density at radius 1 is 1.39 bits per heavy atom. The van der Waals surface area contributed by atoms with Gasteiger partial charge >= 0.3 is 0 Å². The Labute approximate surface area is 109 Å². The van der Waals surface area contributed by atoms with Crippen molar-refractivity contribution in [1.82, 2.24) is 9.97 Å². The third-order valence-corrected chi connectivity index (χ3v) is 2.56. The van der Waals surface area contributed by atoms with Crippen molar-refractivity contribution in [3.05, 3.63) is 11.9 Å².